The van der Waals surface area contributed by atoms with Crippen molar-refractivity contribution in [1.82, 2.24) is 0 Å². The van der Waals surface area contributed by atoms with Gasteiger partial charge >= 0.3 is 0 Å². The Hall–Kier alpha value is -1.82. The van der Waals surface area contributed by atoms with Crippen LogP contribution in [0.5, 0.6) is 5.75 Å². The van der Waals surface area contributed by atoms with Crippen LogP contribution in [0.3, 0.4) is 0 Å². The fourth-order valence-electron chi connectivity index (χ4n) is 2.03. The number of hydrogen-bond donors (Lipinski definition) is 0. The molecular formula is C14H15NO2. The van der Waals surface area contributed by atoms with Crippen molar-refractivity contribution in [2.75, 3.05) is 7.11 Å². The molecule has 0 radical (unpaired) electrons. The van der Waals surface area contributed by atoms with Crippen LogP contribution in [-0.2, 0) is 0 Å². The van der Waals surface area contributed by atoms with Crippen molar-refractivity contribution in [2.24, 2.45) is 5.41 Å². The molecule has 1 aliphatic rings. The summed E-state index contributed by atoms with van der Waals surface area (Å²) in [5.41, 5.74) is 1.71. The van der Waals surface area contributed by atoms with Gasteiger partial charge in [-0.15, -0.1) is 0 Å². The fraction of sp³-hybridized carbons (Fsp3) is 0.429. The number of aryl methyl sites for hydroxylation is 2. The first-order valence-corrected chi connectivity index (χ1v) is 5.65. The maximum Gasteiger partial charge on any atom is 0.183 e. The number of methoxy groups -OCH3 is 1. The second kappa shape index (κ2) is 3.89. The lowest BCUT2D eigenvalue weighted by Gasteiger charge is -2.12. The molecule has 1 saturated carbocycles. The standard InChI is InChI=1S/C14H15NO2/c1-9-7-12(17-3)10(2)6-11(9)13(16)14(8-15)4-5-14/h6-7H,4-5H2,1-3H3. The topological polar surface area (TPSA) is 50.1 Å². The SMILES string of the molecule is COc1cc(C)c(C(=O)C2(C#N)CC2)cc1C. The smallest absolute Gasteiger partial charge is 0.183 e. The average Bonchev–Trinajstić information content (AvgIpc) is 3.11. The van der Waals surface area contributed by atoms with Crippen LogP contribution in [0.1, 0.15) is 34.3 Å². The van der Waals surface area contributed by atoms with Crippen molar-refractivity contribution < 1.29 is 9.53 Å². The Kier molecular flexibility index (Phi) is 2.66. The van der Waals surface area contributed by atoms with Crippen LogP contribution in [0.2, 0.25) is 0 Å². The van der Waals surface area contributed by atoms with Crippen molar-refractivity contribution in [3.8, 4) is 11.8 Å². The molecular weight excluding hydrogens is 214 g/mol. The number of rotatable bonds is 3. The molecule has 1 aliphatic carbocycles. The van der Waals surface area contributed by atoms with Crippen LogP contribution in [0.25, 0.3) is 0 Å². The van der Waals surface area contributed by atoms with Crippen LogP contribution < -0.4 is 4.74 Å². The molecule has 1 aromatic rings. The Labute approximate surface area is 101 Å². The van der Waals surface area contributed by atoms with E-state index in [0.29, 0.717) is 18.4 Å². The van der Waals surface area contributed by atoms with E-state index >= 15 is 0 Å². The van der Waals surface area contributed by atoms with Gasteiger partial charge in [0.1, 0.15) is 11.2 Å². The Morgan fingerprint density at radius 1 is 1.35 bits per heavy atom. The molecule has 0 aromatic heterocycles. The normalized spacial score (nSPS) is 16.1. The third-order valence-electron chi connectivity index (χ3n) is 3.39. The summed E-state index contributed by atoms with van der Waals surface area (Å²) in [5, 5.41) is 9.05. The Balaban J connectivity index is 2.44. The molecule has 1 fully saturated rings. The zero-order valence-electron chi connectivity index (χ0n) is 10.3. The zero-order valence-corrected chi connectivity index (χ0v) is 10.3. The van der Waals surface area contributed by atoms with E-state index in [1.807, 2.05) is 26.0 Å². The van der Waals surface area contributed by atoms with Gasteiger partial charge in [-0.05, 0) is 49.9 Å². The Morgan fingerprint density at radius 2 is 2.00 bits per heavy atom. The second-order valence-electron chi connectivity index (χ2n) is 4.66. The third-order valence-corrected chi connectivity index (χ3v) is 3.39. The predicted octanol–water partition coefficient (Wildman–Crippen LogP) is 2.80. The first-order chi connectivity index (χ1) is 8.04. The van der Waals surface area contributed by atoms with Crippen molar-refractivity contribution >= 4 is 5.78 Å². The van der Waals surface area contributed by atoms with Crippen LogP contribution in [0.4, 0.5) is 0 Å². The number of ether oxygens (including phenoxy) is 1. The van der Waals surface area contributed by atoms with Gasteiger partial charge in [0, 0.05) is 5.56 Å². The quantitative estimate of drug-likeness (QED) is 0.749. The first-order valence-electron chi connectivity index (χ1n) is 5.65. The number of benzene rings is 1. The summed E-state index contributed by atoms with van der Waals surface area (Å²) >= 11 is 0. The first kappa shape index (κ1) is 11.7. The second-order valence-corrected chi connectivity index (χ2v) is 4.66. The van der Waals surface area contributed by atoms with Gasteiger partial charge < -0.3 is 4.74 Å². The van der Waals surface area contributed by atoms with Gasteiger partial charge in [-0.3, -0.25) is 4.79 Å². The van der Waals surface area contributed by atoms with E-state index in [0.717, 1.165) is 16.9 Å². The highest BCUT2D eigenvalue weighted by molar-refractivity contribution is 6.05. The summed E-state index contributed by atoms with van der Waals surface area (Å²) in [5.74, 6) is 0.740. The molecule has 17 heavy (non-hydrogen) atoms. The maximum atomic E-state index is 12.3. The van der Waals surface area contributed by atoms with E-state index in [1.165, 1.54) is 0 Å². The third kappa shape index (κ3) is 1.80. The average molecular weight is 229 g/mol. The molecule has 0 aliphatic heterocycles. The van der Waals surface area contributed by atoms with Crippen LogP contribution in [-0.4, -0.2) is 12.9 Å². The van der Waals surface area contributed by atoms with Gasteiger partial charge in [0.15, 0.2) is 5.78 Å². The molecule has 1 aromatic carbocycles. The number of nitrogens with zero attached hydrogens (tertiary/aromatic N) is 1. The fourth-order valence-corrected chi connectivity index (χ4v) is 2.03. The summed E-state index contributed by atoms with van der Waals surface area (Å²) < 4.78 is 5.21. The molecule has 0 unspecified atom stereocenters. The molecule has 0 N–H and O–H groups in total. The van der Waals surface area contributed by atoms with Gasteiger partial charge in [-0.25, -0.2) is 0 Å². The highest BCUT2D eigenvalue weighted by Crippen LogP contribution is 2.48. The Morgan fingerprint density at radius 3 is 2.47 bits per heavy atom. The van der Waals surface area contributed by atoms with Gasteiger partial charge in [-0.2, -0.15) is 5.26 Å². The minimum absolute atomic E-state index is 0.0387. The number of Topliss-reactive ketones (excluding diaryl/α,β-unsaturated/α-hetero) is 1. The van der Waals surface area contributed by atoms with E-state index in [-0.39, 0.29) is 5.78 Å². The molecule has 88 valence electrons. The van der Waals surface area contributed by atoms with Crippen LogP contribution in [0.15, 0.2) is 12.1 Å². The number of hydrogen-bond acceptors (Lipinski definition) is 3. The van der Waals surface area contributed by atoms with E-state index < -0.39 is 5.41 Å². The molecule has 0 heterocycles. The molecule has 2 rings (SSSR count). The number of nitriles is 1. The van der Waals surface area contributed by atoms with E-state index in [1.54, 1.807) is 7.11 Å². The minimum atomic E-state index is -0.744. The largest absolute Gasteiger partial charge is 0.496 e. The molecule has 0 saturated heterocycles. The number of ketones is 1. The Bertz CT molecular complexity index is 522. The molecule has 0 spiro atoms. The van der Waals surface area contributed by atoms with E-state index in [4.69, 9.17) is 10.00 Å². The molecule has 3 heteroatoms. The zero-order chi connectivity index (χ0) is 12.6. The van der Waals surface area contributed by atoms with Gasteiger partial charge in [0.2, 0.25) is 0 Å². The number of carbonyl (C=O) groups excluding carboxylic acids is 1. The molecule has 3 nitrogen and oxygen atoms in total. The number of carbonyl (C=O) groups is 1. The van der Waals surface area contributed by atoms with Gasteiger partial charge in [0.05, 0.1) is 13.2 Å². The lowest BCUT2D eigenvalue weighted by atomic mass is 9.92. The van der Waals surface area contributed by atoms with Crippen molar-refractivity contribution in [3.63, 3.8) is 0 Å². The summed E-state index contributed by atoms with van der Waals surface area (Å²) in [4.78, 5) is 12.3. The minimum Gasteiger partial charge on any atom is -0.496 e. The molecule has 0 amide bonds. The summed E-state index contributed by atoms with van der Waals surface area (Å²) in [6, 6.07) is 5.83. The summed E-state index contributed by atoms with van der Waals surface area (Å²) in [7, 11) is 1.61. The summed E-state index contributed by atoms with van der Waals surface area (Å²) in [6.45, 7) is 3.78. The van der Waals surface area contributed by atoms with E-state index in [9.17, 15) is 4.79 Å². The van der Waals surface area contributed by atoms with Crippen LogP contribution >= 0.6 is 0 Å². The highest BCUT2D eigenvalue weighted by Gasteiger charge is 2.50. The van der Waals surface area contributed by atoms with E-state index in [2.05, 4.69) is 6.07 Å². The van der Waals surface area contributed by atoms with Crippen molar-refractivity contribution in [3.05, 3.63) is 28.8 Å². The highest BCUT2D eigenvalue weighted by atomic mass is 16.5. The molecule has 0 atom stereocenters. The monoisotopic (exact) mass is 229 g/mol. The van der Waals surface area contributed by atoms with Crippen molar-refractivity contribution in [2.45, 2.75) is 26.7 Å². The van der Waals surface area contributed by atoms with Crippen molar-refractivity contribution in [1.29, 1.82) is 5.26 Å². The lowest BCUT2D eigenvalue weighted by Crippen LogP contribution is -2.15. The van der Waals surface area contributed by atoms with Gasteiger partial charge in [0.25, 0.3) is 0 Å². The predicted molar refractivity (Wildman–Crippen MR) is 64.1 cm³/mol. The van der Waals surface area contributed by atoms with Crippen LogP contribution in [0, 0.1) is 30.6 Å². The summed E-state index contributed by atoms with van der Waals surface area (Å²) in [6.07, 6.45) is 1.37. The molecule has 0 bridgehead atoms. The lowest BCUT2D eigenvalue weighted by molar-refractivity contribution is 0.0934. The van der Waals surface area contributed by atoms with Gasteiger partial charge in [-0.1, -0.05) is 0 Å². The maximum absolute atomic E-state index is 12.3.